The predicted molar refractivity (Wildman–Crippen MR) is 141 cm³/mol. The van der Waals surface area contributed by atoms with Crippen LogP contribution in [0, 0.1) is 12.8 Å². The summed E-state index contributed by atoms with van der Waals surface area (Å²) in [5, 5.41) is 7.78. The van der Waals surface area contributed by atoms with Gasteiger partial charge in [-0.1, -0.05) is 30.3 Å². The molecule has 8 heteroatoms. The lowest BCUT2D eigenvalue weighted by Gasteiger charge is -2.31. The van der Waals surface area contributed by atoms with Crippen LogP contribution in [0.15, 0.2) is 79.1 Å². The molecule has 1 saturated heterocycles. The number of carbonyl (C=O) groups is 2. The predicted octanol–water partition coefficient (Wildman–Crippen LogP) is 4.15. The molecule has 8 nitrogen and oxygen atoms in total. The Labute approximate surface area is 216 Å². The minimum Gasteiger partial charge on any atom is -0.497 e. The molecule has 1 fully saturated rings. The fourth-order valence-electron chi connectivity index (χ4n) is 4.85. The number of nitrogens with zero attached hydrogens (tertiary/aromatic N) is 4. The van der Waals surface area contributed by atoms with Gasteiger partial charge in [-0.05, 0) is 61.7 Å². The van der Waals surface area contributed by atoms with Gasteiger partial charge in [0.05, 0.1) is 18.5 Å². The number of aryl methyl sites for hydroxylation is 1. The number of aromatic nitrogens is 3. The van der Waals surface area contributed by atoms with Gasteiger partial charge in [0.2, 0.25) is 5.91 Å². The summed E-state index contributed by atoms with van der Waals surface area (Å²) in [6, 6.07) is 21.4. The van der Waals surface area contributed by atoms with Crippen molar-refractivity contribution in [2.45, 2.75) is 26.3 Å². The number of ether oxygens (including phenoxy) is 1. The van der Waals surface area contributed by atoms with E-state index in [1.165, 1.54) is 0 Å². The Morgan fingerprint density at radius 2 is 1.73 bits per heavy atom. The average molecular weight is 498 g/mol. The summed E-state index contributed by atoms with van der Waals surface area (Å²) >= 11 is 0. The molecule has 0 atom stereocenters. The number of likely N-dealkylation sites (tertiary alicyclic amines) is 1. The summed E-state index contributed by atoms with van der Waals surface area (Å²) in [6.07, 6.45) is 5.10. The number of piperidine rings is 1. The second-order valence-corrected chi connectivity index (χ2v) is 9.26. The van der Waals surface area contributed by atoms with Crippen LogP contribution < -0.4 is 10.1 Å². The Balaban J connectivity index is 1.28. The Kier molecular flexibility index (Phi) is 7.07. The van der Waals surface area contributed by atoms with Crippen molar-refractivity contribution in [3.05, 3.63) is 95.9 Å². The zero-order valence-corrected chi connectivity index (χ0v) is 21.1. The molecule has 190 valence electrons. The highest BCUT2D eigenvalue weighted by atomic mass is 16.5. The van der Waals surface area contributed by atoms with Crippen LogP contribution in [-0.4, -0.2) is 51.3 Å². The van der Waals surface area contributed by atoms with Crippen LogP contribution in [0.2, 0.25) is 0 Å². The number of hydrogen-bond acceptors (Lipinski definition) is 4. The Bertz CT molecular complexity index is 1370. The first kappa shape index (κ1) is 24.4. The summed E-state index contributed by atoms with van der Waals surface area (Å²) in [4.78, 5) is 28.5. The Morgan fingerprint density at radius 3 is 2.43 bits per heavy atom. The first-order chi connectivity index (χ1) is 18.0. The highest BCUT2D eigenvalue weighted by Crippen LogP contribution is 2.27. The third-order valence-electron chi connectivity index (χ3n) is 6.85. The molecule has 1 N–H and O–H groups in total. The van der Waals surface area contributed by atoms with Gasteiger partial charge in [-0.15, -0.1) is 0 Å². The number of benzene rings is 2. The molecule has 1 aliphatic rings. The van der Waals surface area contributed by atoms with Crippen molar-refractivity contribution in [2.24, 2.45) is 5.92 Å². The molecule has 0 saturated carbocycles. The molecule has 0 aliphatic carbocycles. The Hall–Kier alpha value is -4.33. The van der Waals surface area contributed by atoms with Crippen LogP contribution in [-0.2, 0) is 11.3 Å². The average Bonchev–Trinajstić information content (AvgIpc) is 3.60. The van der Waals surface area contributed by atoms with E-state index in [1.54, 1.807) is 7.11 Å². The van der Waals surface area contributed by atoms with Gasteiger partial charge in [0.15, 0.2) is 5.82 Å². The van der Waals surface area contributed by atoms with Crippen molar-refractivity contribution in [2.75, 3.05) is 20.2 Å². The fourth-order valence-corrected chi connectivity index (χ4v) is 4.85. The van der Waals surface area contributed by atoms with Crippen LogP contribution in [0.3, 0.4) is 0 Å². The van der Waals surface area contributed by atoms with Crippen molar-refractivity contribution in [1.82, 2.24) is 24.6 Å². The number of nitrogens with one attached hydrogen (secondary N) is 1. The third-order valence-corrected chi connectivity index (χ3v) is 6.85. The standard InChI is InChI=1S/C29H31N5O3/c1-21-26(28(32-15-6-7-16-32)34(31-21)24-10-4-3-5-11-24)29(36)33-17-13-23(14-18-33)27(35)30-20-22-9-8-12-25(19-22)37-2/h3-12,15-16,19,23H,13-14,17-18,20H2,1-2H3,(H,30,35). The maximum atomic E-state index is 13.8. The van der Waals surface area contributed by atoms with Crippen LogP contribution in [0.5, 0.6) is 5.75 Å². The Morgan fingerprint density at radius 1 is 1.00 bits per heavy atom. The summed E-state index contributed by atoms with van der Waals surface area (Å²) in [7, 11) is 1.63. The van der Waals surface area contributed by atoms with E-state index in [0.717, 1.165) is 22.8 Å². The third kappa shape index (κ3) is 5.14. The number of hydrogen-bond donors (Lipinski definition) is 1. The number of methoxy groups -OCH3 is 1. The highest BCUT2D eigenvalue weighted by molar-refractivity contribution is 5.99. The molecule has 0 unspecified atom stereocenters. The second kappa shape index (κ2) is 10.7. The van der Waals surface area contributed by atoms with E-state index in [4.69, 9.17) is 9.84 Å². The fraction of sp³-hybridized carbons (Fsp3) is 0.276. The van der Waals surface area contributed by atoms with E-state index in [0.29, 0.717) is 43.7 Å². The summed E-state index contributed by atoms with van der Waals surface area (Å²) in [6.45, 7) is 3.38. The minimum absolute atomic E-state index is 0.0241. The van der Waals surface area contributed by atoms with E-state index in [-0.39, 0.29) is 17.7 Å². The zero-order chi connectivity index (χ0) is 25.8. The van der Waals surface area contributed by atoms with Crippen LogP contribution in [0.4, 0.5) is 0 Å². The lowest BCUT2D eigenvalue weighted by molar-refractivity contribution is -0.126. The molecule has 2 aromatic heterocycles. The van der Waals surface area contributed by atoms with Gasteiger partial charge in [0, 0.05) is 37.9 Å². The van der Waals surface area contributed by atoms with Crippen molar-refractivity contribution < 1.29 is 14.3 Å². The van der Waals surface area contributed by atoms with Gasteiger partial charge < -0.3 is 19.5 Å². The molecule has 37 heavy (non-hydrogen) atoms. The van der Waals surface area contributed by atoms with Gasteiger partial charge in [-0.25, -0.2) is 4.68 Å². The molecular formula is C29H31N5O3. The van der Waals surface area contributed by atoms with Crippen LogP contribution in [0.1, 0.15) is 34.5 Å². The smallest absolute Gasteiger partial charge is 0.259 e. The normalized spacial score (nSPS) is 13.9. The maximum absolute atomic E-state index is 13.8. The van der Waals surface area contributed by atoms with Crippen molar-refractivity contribution >= 4 is 11.8 Å². The molecule has 3 heterocycles. The molecule has 2 amide bonds. The molecule has 2 aromatic carbocycles. The topological polar surface area (TPSA) is 81.4 Å². The SMILES string of the molecule is COc1cccc(CNC(=O)C2CCN(C(=O)c3c(C)nn(-c4ccccc4)c3-n3cccc3)CC2)c1. The van der Waals surface area contributed by atoms with E-state index < -0.39 is 0 Å². The minimum atomic E-state index is -0.119. The van der Waals surface area contributed by atoms with Crippen molar-refractivity contribution in [1.29, 1.82) is 0 Å². The van der Waals surface area contributed by atoms with Gasteiger partial charge in [-0.3, -0.25) is 9.59 Å². The van der Waals surface area contributed by atoms with Crippen LogP contribution >= 0.6 is 0 Å². The van der Waals surface area contributed by atoms with Gasteiger partial charge in [0.25, 0.3) is 5.91 Å². The van der Waals surface area contributed by atoms with E-state index in [2.05, 4.69) is 5.32 Å². The second-order valence-electron chi connectivity index (χ2n) is 9.26. The number of rotatable bonds is 7. The summed E-state index contributed by atoms with van der Waals surface area (Å²) in [5.41, 5.74) is 3.14. The molecule has 5 rings (SSSR count). The van der Waals surface area contributed by atoms with E-state index >= 15 is 0 Å². The van der Waals surface area contributed by atoms with E-state index in [9.17, 15) is 9.59 Å². The zero-order valence-electron chi connectivity index (χ0n) is 21.1. The van der Waals surface area contributed by atoms with Crippen molar-refractivity contribution in [3.8, 4) is 17.3 Å². The number of carbonyl (C=O) groups excluding carboxylic acids is 2. The van der Waals surface area contributed by atoms with Gasteiger partial charge in [0.1, 0.15) is 11.3 Å². The lowest BCUT2D eigenvalue weighted by Crippen LogP contribution is -2.43. The summed E-state index contributed by atoms with van der Waals surface area (Å²) in [5.74, 6) is 1.34. The monoisotopic (exact) mass is 497 g/mol. The lowest BCUT2D eigenvalue weighted by atomic mass is 9.95. The van der Waals surface area contributed by atoms with Gasteiger partial charge in [-0.2, -0.15) is 5.10 Å². The molecule has 1 aliphatic heterocycles. The molecule has 0 spiro atoms. The summed E-state index contributed by atoms with van der Waals surface area (Å²) < 4.78 is 9.01. The maximum Gasteiger partial charge on any atom is 0.259 e. The molecule has 4 aromatic rings. The van der Waals surface area contributed by atoms with Crippen LogP contribution in [0.25, 0.3) is 11.5 Å². The van der Waals surface area contributed by atoms with E-state index in [1.807, 2.05) is 100 Å². The molecule has 0 bridgehead atoms. The number of para-hydroxylation sites is 1. The van der Waals surface area contributed by atoms with Crippen molar-refractivity contribution in [3.63, 3.8) is 0 Å². The quantitative estimate of drug-likeness (QED) is 0.416. The van der Waals surface area contributed by atoms with Gasteiger partial charge >= 0.3 is 0 Å². The molecular weight excluding hydrogens is 466 g/mol. The highest BCUT2D eigenvalue weighted by Gasteiger charge is 2.32. The first-order valence-corrected chi connectivity index (χ1v) is 12.5. The number of amides is 2. The largest absolute Gasteiger partial charge is 0.497 e. The molecule has 0 radical (unpaired) electrons. The first-order valence-electron chi connectivity index (χ1n) is 12.5.